The number of anilines is 1. The van der Waals surface area contributed by atoms with Gasteiger partial charge in [-0.15, -0.1) is 0 Å². The summed E-state index contributed by atoms with van der Waals surface area (Å²) in [7, 11) is 0. The van der Waals surface area contributed by atoms with E-state index < -0.39 is 0 Å². The molecule has 1 aliphatic carbocycles. The third kappa shape index (κ3) is 4.12. The minimum absolute atomic E-state index is 0.0130. The molecule has 3 atom stereocenters. The summed E-state index contributed by atoms with van der Waals surface area (Å²) in [6.45, 7) is 8.20. The van der Waals surface area contributed by atoms with Gasteiger partial charge < -0.3 is 10.6 Å². The van der Waals surface area contributed by atoms with Crippen molar-refractivity contribution in [2.45, 2.75) is 59.4 Å². The second kappa shape index (κ2) is 7.62. The van der Waals surface area contributed by atoms with Gasteiger partial charge in [-0.1, -0.05) is 39.0 Å². The largest absolute Gasteiger partial charge is 0.353 e. The number of benzene rings is 1. The highest BCUT2D eigenvalue weighted by Gasteiger charge is 2.48. The molecule has 1 aromatic rings. The van der Waals surface area contributed by atoms with Gasteiger partial charge in [0.2, 0.25) is 11.8 Å². The smallest absolute Gasteiger partial charge is 0.228 e. The van der Waals surface area contributed by atoms with Gasteiger partial charge in [-0.05, 0) is 43.7 Å². The number of rotatable bonds is 7. The highest BCUT2D eigenvalue weighted by atomic mass is 16.2. The van der Waals surface area contributed by atoms with E-state index in [0.717, 1.165) is 36.1 Å². The number of carbonyl (C=O) groups excluding carboxylic acids is 2. The molecule has 126 valence electrons. The van der Waals surface area contributed by atoms with E-state index in [-0.39, 0.29) is 29.7 Å². The zero-order chi connectivity index (χ0) is 17.0. The van der Waals surface area contributed by atoms with Crippen molar-refractivity contribution in [2.24, 2.45) is 11.8 Å². The fourth-order valence-corrected chi connectivity index (χ4v) is 2.85. The summed E-state index contributed by atoms with van der Waals surface area (Å²) in [6.07, 6.45) is 3.32. The molecule has 0 saturated heterocycles. The van der Waals surface area contributed by atoms with E-state index in [9.17, 15) is 9.59 Å². The lowest BCUT2D eigenvalue weighted by molar-refractivity contribution is -0.125. The van der Waals surface area contributed by atoms with Crippen LogP contribution in [0.25, 0.3) is 0 Å². The fraction of sp³-hybridized carbons (Fsp3) is 0.579. The summed E-state index contributed by atoms with van der Waals surface area (Å²) >= 11 is 0. The highest BCUT2D eigenvalue weighted by Crippen LogP contribution is 2.40. The molecule has 2 rings (SSSR count). The molecule has 1 aromatic carbocycles. The molecule has 1 fully saturated rings. The molecular formula is C19H28N2O2. The van der Waals surface area contributed by atoms with E-state index in [1.54, 1.807) is 0 Å². The van der Waals surface area contributed by atoms with E-state index in [1.807, 2.05) is 19.9 Å². The second-order valence-electron chi connectivity index (χ2n) is 6.41. The lowest BCUT2D eigenvalue weighted by atomic mass is 10.0. The average molecular weight is 316 g/mol. The van der Waals surface area contributed by atoms with Crippen LogP contribution in [0.2, 0.25) is 0 Å². The Morgan fingerprint density at radius 2 is 1.65 bits per heavy atom. The predicted octanol–water partition coefficient (Wildman–Crippen LogP) is 3.30. The zero-order valence-electron chi connectivity index (χ0n) is 14.6. The molecule has 3 unspecified atom stereocenters. The topological polar surface area (TPSA) is 58.2 Å². The molecular weight excluding hydrogens is 288 g/mol. The van der Waals surface area contributed by atoms with Crippen LogP contribution in [0.3, 0.4) is 0 Å². The molecule has 0 aliphatic heterocycles. The van der Waals surface area contributed by atoms with Crippen LogP contribution in [0, 0.1) is 11.8 Å². The van der Waals surface area contributed by atoms with Gasteiger partial charge in [0.25, 0.3) is 0 Å². The van der Waals surface area contributed by atoms with E-state index in [1.165, 1.54) is 0 Å². The van der Waals surface area contributed by atoms with Crippen molar-refractivity contribution in [1.29, 1.82) is 0 Å². The van der Waals surface area contributed by atoms with Gasteiger partial charge in [-0.3, -0.25) is 9.59 Å². The van der Waals surface area contributed by atoms with E-state index in [2.05, 4.69) is 36.6 Å². The number of hydrogen-bond acceptors (Lipinski definition) is 2. The minimum atomic E-state index is -0.186. The van der Waals surface area contributed by atoms with Crippen LogP contribution in [-0.2, 0) is 22.4 Å². The van der Waals surface area contributed by atoms with Gasteiger partial charge in [0, 0.05) is 11.7 Å². The molecule has 0 spiro atoms. The van der Waals surface area contributed by atoms with Gasteiger partial charge in [0.05, 0.1) is 11.8 Å². The van der Waals surface area contributed by atoms with Crippen LogP contribution in [0.15, 0.2) is 18.2 Å². The maximum Gasteiger partial charge on any atom is 0.228 e. The summed E-state index contributed by atoms with van der Waals surface area (Å²) in [5, 5.41) is 6.04. The lowest BCUT2D eigenvalue weighted by Crippen LogP contribution is -2.34. The molecule has 23 heavy (non-hydrogen) atoms. The standard InChI is InChI=1S/C19H28N2O2/c1-5-12(4)20-18(22)15-11-16(15)19(23)21-17-13(6-2)9-8-10-14(17)7-3/h8-10,12,15-16H,5-7,11H2,1-4H3,(H,20,22)(H,21,23). The Balaban J connectivity index is 2.01. The van der Waals surface area contributed by atoms with Crippen molar-refractivity contribution in [3.8, 4) is 0 Å². The van der Waals surface area contributed by atoms with E-state index in [0.29, 0.717) is 6.42 Å². The third-order valence-electron chi connectivity index (χ3n) is 4.71. The number of hydrogen-bond donors (Lipinski definition) is 2. The Labute approximate surface area is 139 Å². The number of nitrogens with one attached hydrogen (secondary N) is 2. The first-order chi connectivity index (χ1) is 11.0. The van der Waals surface area contributed by atoms with Gasteiger partial charge in [0.1, 0.15) is 0 Å². The maximum atomic E-state index is 12.5. The number of para-hydroxylation sites is 1. The zero-order valence-corrected chi connectivity index (χ0v) is 14.6. The first-order valence-electron chi connectivity index (χ1n) is 8.73. The van der Waals surface area contributed by atoms with Crippen LogP contribution in [0.5, 0.6) is 0 Å². The third-order valence-corrected chi connectivity index (χ3v) is 4.71. The Bertz CT molecular complexity index is 560. The fourth-order valence-electron chi connectivity index (χ4n) is 2.85. The quantitative estimate of drug-likeness (QED) is 0.811. The van der Waals surface area contributed by atoms with Crippen molar-refractivity contribution >= 4 is 17.5 Å². The van der Waals surface area contributed by atoms with Gasteiger partial charge in [-0.25, -0.2) is 0 Å². The number of carbonyl (C=O) groups is 2. The van der Waals surface area contributed by atoms with Gasteiger partial charge in [-0.2, -0.15) is 0 Å². The molecule has 4 nitrogen and oxygen atoms in total. The molecule has 2 amide bonds. The van der Waals surface area contributed by atoms with E-state index >= 15 is 0 Å². The molecule has 4 heteroatoms. The molecule has 0 heterocycles. The van der Waals surface area contributed by atoms with Crippen molar-refractivity contribution in [3.63, 3.8) is 0 Å². The second-order valence-corrected chi connectivity index (χ2v) is 6.41. The molecule has 0 aromatic heterocycles. The van der Waals surface area contributed by atoms with Crippen molar-refractivity contribution in [2.75, 3.05) is 5.32 Å². The summed E-state index contributed by atoms with van der Waals surface area (Å²) in [5.74, 6) is -0.361. The minimum Gasteiger partial charge on any atom is -0.353 e. The van der Waals surface area contributed by atoms with E-state index in [4.69, 9.17) is 0 Å². The summed E-state index contributed by atoms with van der Waals surface area (Å²) in [6, 6.07) is 6.30. The predicted molar refractivity (Wildman–Crippen MR) is 93.3 cm³/mol. The molecule has 1 aliphatic rings. The SMILES string of the molecule is CCc1cccc(CC)c1NC(=O)C1CC1C(=O)NC(C)CC. The van der Waals surface area contributed by atoms with Gasteiger partial charge >= 0.3 is 0 Å². The molecule has 2 N–H and O–H groups in total. The first kappa shape index (κ1) is 17.5. The first-order valence-corrected chi connectivity index (χ1v) is 8.73. The monoisotopic (exact) mass is 316 g/mol. The molecule has 0 radical (unpaired) electrons. The molecule has 0 bridgehead atoms. The van der Waals surface area contributed by atoms with Crippen LogP contribution < -0.4 is 10.6 Å². The Morgan fingerprint density at radius 3 is 2.17 bits per heavy atom. The summed E-state index contributed by atoms with van der Waals surface area (Å²) in [5.41, 5.74) is 3.24. The Hall–Kier alpha value is -1.84. The number of aryl methyl sites for hydroxylation is 2. The highest BCUT2D eigenvalue weighted by molar-refractivity contribution is 6.00. The van der Waals surface area contributed by atoms with Crippen LogP contribution in [0.4, 0.5) is 5.69 Å². The summed E-state index contributed by atoms with van der Waals surface area (Å²) < 4.78 is 0. The number of amides is 2. The van der Waals surface area contributed by atoms with Crippen molar-refractivity contribution in [3.05, 3.63) is 29.3 Å². The van der Waals surface area contributed by atoms with Gasteiger partial charge in [0.15, 0.2) is 0 Å². The van der Waals surface area contributed by atoms with Crippen LogP contribution in [-0.4, -0.2) is 17.9 Å². The Kier molecular flexibility index (Phi) is 5.80. The maximum absolute atomic E-state index is 12.5. The van der Waals surface area contributed by atoms with Crippen LogP contribution >= 0.6 is 0 Å². The Morgan fingerprint density at radius 1 is 1.09 bits per heavy atom. The lowest BCUT2D eigenvalue weighted by Gasteiger charge is -2.15. The summed E-state index contributed by atoms with van der Waals surface area (Å²) in [4.78, 5) is 24.6. The molecule has 1 saturated carbocycles. The van der Waals surface area contributed by atoms with Crippen molar-refractivity contribution in [1.82, 2.24) is 5.32 Å². The van der Waals surface area contributed by atoms with Crippen LogP contribution in [0.1, 0.15) is 51.7 Å². The van der Waals surface area contributed by atoms with Crippen molar-refractivity contribution < 1.29 is 9.59 Å². The average Bonchev–Trinajstić information content (AvgIpc) is 3.35. The normalized spacial score (nSPS) is 20.7.